The van der Waals surface area contributed by atoms with Gasteiger partial charge in [0.05, 0.1) is 28.0 Å². The number of carbonyl (C=O) groups excluding carboxylic acids is 1. The van der Waals surface area contributed by atoms with E-state index in [1.807, 2.05) is 44.2 Å². The fourth-order valence-electron chi connectivity index (χ4n) is 3.13. The summed E-state index contributed by atoms with van der Waals surface area (Å²) in [5.74, 6) is 1.13. The molecule has 0 aliphatic heterocycles. The van der Waals surface area contributed by atoms with Gasteiger partial charge in [0.25, 0.3) is 5.91 Å². The fraction of sp³-hybridized carbons (Fsp3) is 0.190. The summed E-state index contributed by atoms with van der Waals surface area (Å²) in [4.78, 5) is 24.2. The number of thiazole rings is 1. The van der Waals surface area contributed by atoms with Crippen LogP contribution in [-0.4, -0.2) is 15.9 Å². The monoisotopic (exact) mass is 411 g/mol. The summed E-state index contributed by atoms with van der Waals surface area (Å²) in [6.45, 7) is 5.90. The second kappa shape index (κ2) is 7.37. The number of benzene rings is 1. The highest BCUT2D eigenvalue weighted by atomic mass is 35.5. The molecule has 1 amide bonds. The van der Waals surface area contributed by atoms with Crippen LogP contribution in [0.4, 0.5) is 5.13 Å². The molecule has 0 spiro atoms. The maximum Gasteiger partial charge on any atom is 0.263 e. The SMILES string of the molecule is Cc1cc(C(=O)N(Cc2ccccn2)c2nc3c(C)cc(Cl)cc3s2)c(C)o1. The van der Waals surface area contributed by atoms with E-state index >= 15 is 0 Å². The van der Waals surface area contributed by atoms with E-state index < -0.39 is 0 Å². The van der Waals surface area contributed by atoms with E-state index in [1.165, 1.54) is 11.3 Å². The Balaban J connectivity index is 1.82. The molecule has 0 aliphatic rings. The number of nitrogens with zero attached hydrogens (tertiary/aromatic N) is 3. The van der Waals surface area contributed by atoms with Crippen LogP contribution in [0.25, 0.3) is 10.2 Å². The summed E-state index contributed by atoms with van der Waals surface area (Å²) in [6, 6.07) is 11.2. The highest BCUT2D eigenvalue weighted by Gasteiger charge is 2.25. The van der Waals surface area contributed by atoms with Crippen LogP contribution in [0.2, 0.25) is 5.02 Å². The molecular formula is C21H18ClN3O2S. The van der Waals surface area contributed by atoms with E-state index in [4.69, 9.17) is 21.0 Å². The van der Waals surface area contributed by atoms with Crippen LogP contribution in [0, 0.1) is 20.8 Å². The number of furan rings is 1. The van der Waals surface area contributed by atoms with Gasteiger partial charge in [0.1, 0.15) is 11.5 Å². The van der Waals surface area contributed by atoms with Gasteiger partial charge in [-0.1, -0.05) is 29.0 Å². The van der Waals surface area contributed by atoms with Crippen LogP contribution in [0.15, 0.2) is 47.0 Å². The number of halogens is 1. The smallest absolute Gasteiger partial charge is 0.263 e. The number of hydrogen-bond donors (Lipinski definition) is 0. The Morgan fingerprint density at radius 3 is 2.71 bits per heavy atom. The maximum absolute atomic E-state index is 13.4. The van der Waals surface area contributed by atoms with Crippen molar-refractivity contribution in [3.05, 3.63) is 76.0 Å². The third-order valence-electron chi connectivity index (χ3n) is 4.43. The van der Waals surface area contributed by atoms with Crippen molar-refractivity contribution in [2.24, 2.45) is 0 Å². The summed E-state index contributed by atoms with van der Waals surface area (Å²) in [7, 11) is 0. The molecular weight excluding hydrogens is 394 g/mol. The molecule has 0 aliphatic carbocycles. The molecule has 0 saturated carbocycles. The van der Waals surface area contributed by atoms with Crippen LogP contribution >= 0.6 is 22.9 Å². The molecule has 1 aromatic carbocycles. The predicted molar refractivity (Wildman–Crippen MR) is 112 cm³/mol. The van der Waals surface area contributed by atoms with Crippen LogP contribution in [0.1, 0.15) is 33.1 Å². The van der Waals surface area contributed by atoms with Crippen molar-refractivity contribution in [1.29, 1.82) is 0 Å². The molecule has 0 bridgehead atoms. The largest absolute Gasteiger partial charge is 0.466 e. The van der Waals surface area contributed by atoms with Crippen molar-refractivity contribution >= 4 is 44.2 Å². The Labute approximate surface area is 171 Å². The average molecular weight is 412 g/mol. The Bertz CT molecular complexity index is 1170. The first kappa shape index (κ1) is 18.7. The van der Waals surface area contributed by atoms with E-state index in [0.717, 1.165) is 21.5 Å². The van der Waals surface area contributed by atoms with Crippen molar-refractivity contribution in [1.82, 2.24) is 9.97 Å². The summed E-state index contributed by atoms with van der Waals surface area (Å²) in [5, 5.41) is 1.26. The molecule has 0 radical (unpaired) electrons. The number of amides is 1. The van der Waals surface area contributed by atoms with Crippen LogP contribution in [0.3, 0.4) is 0 Å². The van der Waals surface area contributed by atoms with E-state index in [0.29, 0.717) is 33.8 Å². The van der Waals surface area contributed by atoms with Crippen molar-refractivity contribution in [3.8, 4) is 0 Å². The van der Waals surface area contributed by atoms with Gasteiger partial charge in [0.15, 0.2) is 5.13 Å². The van der Waals surface area contributed by atoms with Gasteiger partial charge in [-0.05, 0) is 56.7 Å². The summed E-state index contributed by atoms with van der Waals surface area (Å²) < 4.78 is 6.51. The summed E-state index contributed by atoms with van der Waals surface area (Å²) in [6.07, 6.45) is 1.72. The zero-order valence-corrected chi connectivity index (χ0v) is 17.3. The van der Waals surface area contributed by atoms with Gasteiger partial charge < -0.3 is 4.42 Å². The first-order valence-electron chi connectivity index (χ1n) is 8.78. The molecule has 4 aromatic rings. The molecule has 142 valence electrons. The zero-order chi connectivity index (χ0) is 19.8. The number of anilines is 1. The van der Waals surface area contributed by atoms with Gasteiger partial charge in [0.2, 0.25) is 0 Å². The lowest BCUT2D eigenvalue weighted by molar-refractivity contribution is 0.0983. The van der Waals surface area contributed by atoms with Gasteiger partial charge in [-0.15, -0.1) is 0 Å². The second-order valence-electron chi connectivity index (χ2n) is 6.61. The Morgan fingerprint density at radius 2 is 2.04 bits per heavy atom. The topological polar surface area (TPSA) is 59.2 Å². The minimum absolute atomic E-state index is 0.164. The van der Waals surface area contributed by atoms with E-state index in [2.05, 4.69) is 4.98 Å². The Morgan fingerprint density at radius 1 is 1.21 bits per heavy atom. The lowest BCUT2D eigenvalue weighted by Crippen LogP contribution is -2.30. The molecule has 0 saturated heterocycles. The molecule has 7 heteroatoms. The summed E-state index contributed by atoms with van der Waals surface area (Å²) in [5.41, 5.74) is 3.14. The Kier molecular flexibility index (Phi) is 4.91. The minimum Gasteiger partial charge on any atom is -0.466 e. The number of fused-ring (bicyclic) bond motifs is 1. The van der Waals surface area contributed by atoms with E-state index in [9.17, 15) is 4.79 Å². The fourth-order valence-corrected chi connectivity index (χ4v) is 4.54. The summed E-state index contributed by atoms with van der Waals surface area (Å²) >= 11 is 7.64. The lowest BCUT2D eigenvalue weighted by atomic mass is 10.2. The number of rotatable bonds is 4. The number of carbonyl (C=O) groups is 1. The van der Waals surface area contributed by atoms with Crippen LogP contribution < -0.4 is 4.90 Å². The van der Waals surface area contributed by atoms with Gasteiger partial charge >= 0.3 is 0 Å². The highest BCUT2D eigenvalue weighted by molar-refractivity contribution is 7.22. The molecule has 0 fully saturated rings. The molecule has 0 atom stereocenters. The molecule has 28 heavy (non-hydrogen) atoms. The van der Waals surface area contributed by atoms with Gasteiger partial charge in [-0.25, -0.2) is 4.98 Å². The Hall–Kier alpha value is -2.70. The molecule has 0 N–H and O–H groups in total. The van der Waals surface area contributed by atoms with Crippen molar-refractivity contribution in [2.45, 2.75) is 27.3 Å². The van der Waals surface area contributed by atoms with Crippen LogP contribution in [-0.2, 0) is 6.54 Å². The van der Waals surface area contributed by atoms with E-state index in [-0.39, 0.29) is 5.91 Å². The normalized spacial score (nSPS) is 11.1. The predicted octanol–water partition coefficient (Wildman–Crippen LogP) is 5.71. The van der Waals surface area contributed by atoms with Gasteiger partial charge in [-0.2, -0.15) is 0 Å². The first-order valence-corrected chi connectivity index (χ1v) is 9.97. The maximum atomic E-state index is 13.4. The molecule has 3 heterocycles. The molecule has 0 unspecified atom stereocenters. The molecule has 3 aromatic heterocycles. The number of pyridine rings is 1. The van der Waals surface area contributed by atoms with Crippen molar-refractivity contribution < 1.29 is 9.21 Å². The quantitative estimate of drug-likeness (QED) is 0.431. The zero-order valence-electron chi connectivity index (χ0n) is 15.7. The van der Waals surface area contributed by atoms with Gasteiger partial charge in [0, 0.05) is 11.2 Å². The lowest BCUT2D eigenvalue weighted by Gasteiger charge is -2.19. The number of hydrogen-bond acceptors (Lipinski definition) is 5. The second-order valence-corrected chi connectivity index (χ2v) is 8.05. The highest BCUT2D eigenvalue weighted by Crippen LogP contribution is 2.34. The standard InChI is InChI=1S/C21H18ClN3O2S/c1-12-8-15(22)10-18-19(12)24-21(28-18)25(11-16-6-4-5-7-23-16)20(26)17-9-13(2)27-14(17)3/h4-10H,11H2,1-3H3. The van der Waals surface area contributed by atoms with E-state index in [1.54, 1.807) is 24.1 Å². The average Bonchev–Trinajstić information content (AvgIpc) is 3.22. The first-order chi connectivity index (χ1) is 13.4. The van der Waals surface area contributed by atoms with Crippen molar-refractivity contribution in [2.75, 3.05) is 4.90 Å². The number of aryl methyl sites for hydroxylation is 3. The third-order valence-corrected chi connectivity index (χ3v) is 5.68. The van der Waals surface area contributed by atoms with Gasteiger partial charge in [-0.3, -0.25) is 14.7 Å². The molecule has 4 rings (SSSR count). The van der Waals surface area contributed by atoms with Crippen molar-refractivity contribution in [3.63, 3.8) is 0 Å². The van der Waals surface area contributed by atoms with Crippen LogP contribution in [0.5, 0.6) is 0 Å². The third kappa shape index (κ3) is 3.53. The molecule has 5 nitrogen and oxygen atoms in total. The number of aromatic nitrogens is 2. The minimum atomic E-state index is -0.164.